The molecule has 0 unspecified atom stereocenters. The number of alkyl halides is 3. The molecule has 0 aromatic heterocycles. The summed E-state index contributed by atoms with van der Waals surface area (Å²) in [6.45, 7) is 12.3. The number of benzene rings is 5. The SMILES string of the molecule is CN(CC[C@H](CSc1ccccc1)Nc1ccc(S(=O)(=O)NC(=O)c2ccc(N3CCC([C@@H](O)c4ccccc4-c4ccc(Cl)cc4)CC3)cc2)cc1S(=O)(=O)C(F)(F)F)C(COP(=O)(O)O)(C(C)(C)C)C(C)(C)C. The number of likely N-dealkylation sites (N-methyl/N-ethyl adjacent to an activating group) is 1. The van der Waals surface area contributed by atoms with Gasteiger partial charge in [0.05, 0.1) is 28.8 Å². The van der Waals surface area contributed by atoms with Crippen LogP contribution in [-0.4, -0.2) is 98.7 Å². The van der Waals surface area contributed by atoms with Gasteiger partial charge in [-0.3, -0.25) is 14.2 Å². The lowest BCUT2D eigenvalue weighted by Crippen LogP contribution is -2.66. The van der Waals surface area contributed by atoms with Crippen LogP contribution in [0.15, 0.2) is 136 Å². The number of nitrogens with one attached hydrogen (secondary N) is 2. The fraction of sp³-hybridized carbons (Fsp3) is 0.415. The van der Waals surface area contributed by atoms with Crippen LogP contribution in [0.3, 0.4) is 0 Å². The first-order valence-corrected chi connectivity index (χ1v) is 30.0. The van der Waals surface area contributed by atoms with E-state index in [0.717, 1.165) is 39.4 Å². The first-order valence-electron chi connectivity index (χ1n) is 24.1. The highest BCUT2D eigenvalue weighted by Gasteiger charge is 2.54. The molecule has 5 aromatic carbocycles. The average molecular weight is 1140 g/mol. The van der Waals surface area contributed by atoms with Gasteiger partial charge in [-0.2, -0.15) is 13.2 Å². The van der Waals surface area contributed by atoms with E-state index in [4.69, 9.17) is 16.1 Å². The molecule has 5 N–H and O–H groups in total. The number of phosphoric acid groups is 1. The number of hydrogen-bond donors (Lipinski definition) is 5. The molecule has 2 atom stereocenters. The number of amides is 1. The Bertz CT molecular complexity index is 3030. The third kappa shape index (κ3) is 14.4. The van der Waals surface area contributed by atoms with E-state index < -0.39 is 83.1 Å². The molecule has 0 aliphatic carbocycles. The summed E-state index contributed by atoms with van der Waals surface area (Å²) >= 11 is 7.44. The molecule has 1 saturated heterocycles. The first kappa shape index (κ1) is 59.8. The van der Waals surface area contributed by atoms with Gasteiger partial charge in [-0.1, -0.05) is 108 Å². The number of sulfonamides is 1. The molecule has 0 spiro atoms. The van der Waals surface area contributed by atoms with Crippen molar-refractivity contribution in [3.63, 3.8) is 0 Å². The van der Waals surface area contributed by atoms with Gasteiger partial charge in [0.2, 0.25) is 0 Å². The van der Waals surface area contributed by atoms with Crippen molar-refractivity contribution in [3.05, 3.63) is 137 Å². The number of carbonyl (C=O) groups is 1. The van der Waals surface area contributed by atoms with Gasteiger partial charge in [-0.05, 0) is 126 Å². The van der Waals surface area contributed by atoms with E-state index in [1.54, 1.807) is 49.5 Å². The van der Waals surface area contributed by atoms with Crippen LogP contribution in [0.5, 0.6) is 0 Å². The molecule has 1 aliphatic rings. The number of phosphoric ester groups is 1. The normalized spacial score (nSPS) is 15.4. The molecule has 75 heavy (non-hydrogen) atoms. The predicted molar refractivity (Wildman–Crippen MR) is 289 cm³/mol. The summed E-state index contributed by atoms with van der Waals surface area (Å²) in [6, 6.07) is 31.6. The van der Waals surface area contributed by atoms with Crippen LogP contribution >= 0.6 is 31.2 Å². The lowest BCUT2D eigenvalue weighted by Gasteiger charge is -2.58. The van der Waals surface area contributed by atoms with Gasteiger partial charge < -0.3 is 25.1 Å². The van der Waals surface area contributed by atoms with E-state index in [1.807, 2.05) is 99.7 Å². The van der Waals surface area contributed by atoms with Crippen molar-refractivity contribution in [3.8, 4) is 11.1 Å². The molecule has 0 radical (unpaired) electrons. The van der Waals surface area contributed by atoms with Gasteiger partial charge in [0.1, 0.15) is 4.90 Å². The van der Waals surface area contributed by atoms with Gasteiger partial charge in [0.25, 0.3) is 25.8 Å². The fourth-order valence-electron chi connectivity index (χ4n) is 10.2. The lowest BCUT2D eigenvalue weighted by atomic mass is 9.59. The standard InChI is InChI=1S/C53H65ClF3N4O10PS3/c1-50(2,3)52(51(4,5)6,35-71-72(64,65)66)60(7)30-29-40(34-73-42-13-9-8-10-14-42)58-46-26-25-43(33-47(46)74(67,68)53(55,56)57)75(69,70)59-49(63)38-19-23-41(24-20-38)61-31-27-37(28-32-61)48(62)45-16-12-11-15-44(45)36-17-21-39(54)22-18-36/h8-26,33,37,40,48,58,62H,27-32,34-35H2,1-7H3,(H,59,63)(H2,64,65,66)/t40-,48-/m1/s1. The number of thioether (sulfide) groups is 1. The number of hydrogen-bond acceptors (Lipinski definition) is 12. The molecule has 408 valence electrons. The highest BCUT2D eigenvalue weighted by molar-refractivity contribution is 7.99. The maximum atomic E-state index is 14.5. The summed E-state index contributed by atoms with van der Waals surface area (Å²) < 4.78 is 117. The van der Waals surface area contributed by atoms with Gasteiger partial charge in [-0.25, -0.2) is 26.1 Å². The molecular formula is C53H65ClF3N4O10PS3. The Morgan fingerprint density at radius 1 is 0.853 bits per heavy atom. The molecule has 1 amide bonds. The zero-order valence-electron chi connectivity index (χ0n) is 42.7. The van der Waals surface area contributed by atoms with E-state index in [-0.39, 0.29) is 36.8 Å². The summed E-state index contributed by atoms with van der Waals surface area (Å²) in [5.74, 6) is -0.980. The Balaban J connectivity index is 1.20. The number of aliphatic hydroxyl groups is 1. The fourth-order valence-corrected chi connectivity index (χ4v) is 13.7. The number of rotatable bonds is 20. The number of anilines is 2. The Morgan fingerprint density at radius 3 is 2.01 bits per heavy atom. The molecule has 6 rings (SSSR count). The van der Waals surface area contributed by atoms with E-state index in [0.29, 0.717) is 37.0 Å². The molecule has 14 nitrogen and oxygen atoms in total. The maximum Gasteiger partial charge on any atom is 0.501 e. The number of carbonyl (C=O) groups excluding carboxylic acids is 1. The summed E-state index contributed by atoms with van der Waals surface area (Å²) in [4.78, 5) is 35.4. The molecule has 5 aromatic rings. The zero-order valence-corrected chi connectivity index (χ0v) is 46.8. The van der Waals surface area contributed by atoms with Crippen LogP contribution in [0.1, 0.15) is 82.8 Å². The molecule has 0 bridgehead atoms. The van der Waals surface area contributed by atoms with E-state index in [2.05, 4.69) is 10.2 Å². The minimum absolute atomic E-state index is 0.0473. The number of sulfone groups is 1. The topological polar surface area (TPSA) is 203 Å². The van der Waals surface area contributed by atoms with Gasteiger partial charge in [0.15, 0.2) is 0 Å². The van der Waals surface area contributed by atoms with Crippen molar-refractivity contribution < 1.29 is 58.8 Å². The third-order valence-corrected chi connectivity index (χ3v) is 18.7. The minimum atomic E-state index is -6.22. The molecular weight excluding hydrogens is 1070 g/mol. The highest BCUT2D eigenvalue weighted by atomic mass is 35.5. The maximum absolute atomic E-state index is 14.5. The van der Waals surface area contributed by atoms with Crippen LogP contribution in [-0.2, 0) is 28.9 Å². The van der Waals surface area contributed by atoms with Crippen LogP contribution in [0, 0.1) is 16.7 Å². The smallest absolute Gasteiger partial charge is 0.388 e. The van der Waals surface area contributed by atoms with Crippen molar-refractivity contribution in [1.29, 1.82) is 0 Å². The number of halogens is 4. The second-order valence-electron chi connectivity index (χ2n) is 20.8. The van der Waals surface area contributed by atoms with Gasteiger partial charge in [-0.15, -0.1) is 11.8 Å². The van der Waals surface area contributed by atoms with Crippen molar-refractivity contribution >= 4 is 68.3 Å². The Kier molecular flexibility index (Phi) is 18.8. The second-order valence-corrected chi connectivity index (χ2v) is 27.1. The summed E-state index contributed by atoms with van der Waals surface area (Å²) in [7, 11) is -14.4. The van der Waals surface area contributed by atoms with Crippen molar-refractivity contribution in [1.82, 2.24) is 9.62 Å². The largest absolute Gasteiger partial charge is 0.501 e. The zero-order chi connectivity index (χ0) is 55.4. The van der Waals surface area contributed by atoms with Crippen molar-refractivity contribution in [2.24, 2.45) is 16.7 Å². The molecule has 22 heteroatoms. The first-order chi connectivity index (χ1) is 34.8. The molecule has 1 fully saturated rings. The van der Waals surface area contributed by atoms with Gasteiger partial charge in [0, 0.05) is 52.6 Å². The Morgan fingerprint density at radius 2 is 1.44 bits per heavy atom. The summed E-state index contributed by atoms with van der Waals surface area (Å²) in [5, 5.41) is 15.1. The van der Waals surface area contributed by atoms with Crippen LogP contribution in [0.4, 0.5) is 24.5 Å². The van der Waals surface area contributed by atoms with E-state index in [9.17, 15) is 54.3 Å². The molecule has 1 aliphatic heterocycles. The number of nitrogens with zero attached hydrogens (tertiary/aromatic N) is 2. The molecule has 0 saturated carbocycles. The van der Waals surface area contributed by atoms with Gasteiger partial charge >= 0.3 is 13.3 Å². The number of aliphatic hydroxyl groups excluding tert-OH is 1. The quantitative estimate of drug-likeness (QED) is 0.0364. The predicted octanol–water partition coefficient (Wildman–Crippen LogP) is 11.2. The minimum Gasteiger partial charge on any atom is -0.388 e. The van der Waals surface area contributed by atoms with Crippen LogP contribution in [0.2, 0.25) is 5.02 Å². The van der Waals surface area contributed by atoms with Crippen LogP contribution < -0.4 is 14.9 Å². The van der Waals surface area contributed by atoms with Crippen LogP contribution in [0.25, 0.3) is 11.1 Å². The van der Waals surface area contributed by atoms with Crippen molar-refractivity contribution in [2.45, 2.75) is 98.7 Å². The van der Waals surface area contributed by atoms with E-state index >= 15 is 0 Å². The van der Waals surface area contributed by atoms with E-state index in [1.165, 1.54) is 23.9 Å². The monoisotopic (exact) mass is 1140 g/mol. The van der Waals surface area contributed by atoms with Crippen molar-refractivity contribution in [2.75, 3.05) is 49.3 Å². The third-order valence-electron chi connectivity index (χ3n) is 13.9. The highest BCUT2D eigenvalue weighted by Crippen LogP contribution is 2.51. The second kappa shape index (κ2) is 23.6. The number of piperidine rings is 1. The Hall–Kier alpha value is -4.47. The Labute approximate surface area is 447 Å². The lowest BCUT2D eigenvalue weighted by molar-refractivity contribution is -0.105. The average Bonchev–Trinajstić information content (AvgIpc) is 3.33. The molecule has 1 heterocycles. The summed E-state index contributed by atoms with van der Waals surface area (Å²) in [5.41, 5.74) is -5.51. The summed E-state index contributed by atoms with van der Waals surface area (Å²) in [6.07, 6.45) is 0.710.